The predicted molar refractivity (Wildman–Crippen MR) is 81.5 cm³/mol. The number of nitrogens with zero attached hydrogens (tertiary/aromatic N) is 2. The average molecular weight is 261 g/mol. The molecule has 1 saturated carbocycles. The Balaban J connectivity index is 1.91. The number of anilines is 1. The topological polar surface area (TPSA) is 28.2 Å². The Morgan fingerprint density at radius 3 is 2.68 bits per heavy atom. The lowest BCUT2D eigenvalue weighted by Gasteiger charge is -2.23. The van der Waals surface area contributed by atoms with Crippen LogP contribution >= 0.6 is 0 Å². The van der Waals surface area contributed by atoms with Crippen LogP contribution in [0.4, 0.5) is 5.82 Å². The van der Waals surface area contributed by atoms with Crippen molar-refractivity contribution in [3.8, 4) is 0 Å². The van der Waals surface area contributed by atoms with Gasteiger partial charge >= 0.3 is 0 Å². The van der Waals surface area contributed by atoms with Crippen LogP contribution in [0.1, 0.15) is 45.1 Å². The van der Waals surface area contributed by atoms with E-state index in [9.17, 15) is 0 Å². The Labute approximate surface area is 117 Å². The number of rotatable bonds is 7. The highest BCUT2D eigenvalue weighted by Crippen LogP contribution is 2.24. The first-order chi connectivity index (χ1) is 9.35. The Morgan fingerprint density at radius 1 is 1.26 bits per heavy atom. The maximum atomic E-state index is 4.56. The first kappa shape index (κ1) is 14.3. The zero-order chi connectivity index (χ0) is 13.5. The smallest absolute Gasteiger partial charge is 0.132 e. The van der Waals surface area contributed by atoms with E-state index in [0.29, 0.717) is 0 Å². The molecule has 0 atom stereocenters. The summed E-state index contributed by atoms with van der Waals surface area (Å²) in [6.07, 6.45) is 7.55. The third-order valence-electron chi connectivity index (χ3n) is 4.15. The van der Waals surface area contributed by atoms with Crippen molar-refractivity contribution >= 4 is 5.82 Å². The van der Waals surface area contributed by atoms with Gasteiger partial charge in [-0.1, -0.05) is 18.9 Å². The third-order valence-corrected chi connectivity index (χ3v) is 4.15. The maximum Gasteiger partial charge on any atom is 0.132 e. The van der Waals surface area contributed by atoms with Crippen molar-refractivity contribution < 1.29 is 0 Å². The van der Waals surface area contributed by atoms with Crippen LogP contribution in [0.3, 0.4) is 0 Å². The molecule has 1 aromatic rings. The molecule has 0 aliphatic heterocycles. The molecule has 1 heterocycles. The van der Waals surface area contributed by atoms with Gasteiger partial charge in [0.25, 0.3) is 0 Å². The number of pyridine rings is 1. The molecular formula is C16H27N3. The van der Waals surface area contributed by atoms with Gasteiger partial charge in [0.2, 0.25) is 0 Å². The highest BCUT2D eigenvalue weighted by atomic mass is 15.2. The van der Waals surface area contributed by atoms with E-state index in [1.165, 1.54) is 31.2 Å². The second kappa shape index (κ2) is 7.49. The summed E-state index contributed by atoms with van der Waals surface area (Å²) in [5.74, 6) is 2.04. The molecule has 0 saturated heterocycles. The van der Waals surface area contributed by atoms with Gasteiger partial charge in [-0.15, -0.1) is 0 Å². The van der Waals surface area contributed by atoms with E-state index in [2.05, 4.69) is 35.1 Å². The van der Waals surface area contributed by atoms with Gasteiger partial charge < -0.3 is 10.2 Å². The van der Waals surface area contributed by atoms with E-state index < -0.39 is 0 Å². The second-order valence-corrected chi connectivity index (χ2v) is 5.44. The van der Waals surface area contributed by atoms with Crippen LogP contribution in [0.25, 0.3) is 0 Å². The normalized spacial score (nSPS) is 15.9. The summed E-state index contributed by atoms with van der Waals surface area (Å²) in [5.41, 5.74) is 1.32. The molecule has 1 N–H and O–H groups in total. The lowest BCUT2D eigenvalue weighted by Crippen LogP contribution is -2.27. The highest BCUT2D eigenvalue weighted by molar-refractivity contribution is 5.46. The zero-order valence-corrected chi connectivity index (χ0v) is 12.4. The van der Waals surface area contributed by atoms with Gasteiger partial charge in [-0.25, -0.2) is 4.98 Å². The molecule has 1 aliphatic rings. The number of aromatic nitrogens is 1. The van der Waals surface area contributed by atoms with Crippen LogP contribution < -0.4 is 10.2 Å². The minimum Gasteiger partial charge on any atom is -0.357 e. The summed E-state index contributed by atoms with van der Waals surface area (Å²) < 4.78 is 0. The summed E-state index contributed by atoms with van der Waals surface area (Å²) in [5, 5.41) is 3.62. The number of nitrogens with one attached hydrogen (secondary N) is 1. The molecule has 106 valence electrons. The molecule has 0 radical (unpaired) electrons. The van der Waals surface area contributed by atoms with Crippen molar-refractivity contribution in [2.45, 2.75) is 46.1 Å². The van der Waals surface area contributed by atoms with Crippen molar-refractivity contribution in [3.63, 3.8) is 0 Å². The van der Waals surface area contributed by atoms with Gasteiger partial charge in [-0.05, 0) is 45.2 Å². The first-order valence-electron chi connectivity index (χ1n) is 7.74. The molecule has 0 unspecified atom stereocenters. The molecule has 2 rings (SSSR count). The van der Waals surface area contributed by atoms with Crippen LogP contribution in [0.5, 0.6) is 0 Å². The van der Waals surface area contributed by atoms with Crippen molar-refractivity contribution in [2.75, 3.05) is 24.5 Å². The van der Waals surface area contributed by atoms with E-state index in [0.717, 1.165) is 37.9 Å². The highest BCUT2D eigenvalue weighted by Gasteiger charge is 2.15. The third kappa shape index (κ3) is 3.93. The Bertz CT molecular complexity index is 368. The van der Waals surface area contributed by atoms with Crippen LogP contribution in [-0.2, 0) is 6.54 Å². The van der Waals surface area contributed by atoms with E-state index in [-0.39, 0.29) is 0 Å². The molecule has 0 spiro atoms. The second-order valence-electron chi connectivity index (χ2n) is 5.44. The summed E-state index contributed by atoms with van der Waals surface area (Å²) >= 11 is 0. The van der Waals surface area contributed by atoms with E-state index in [1.807, 2.05) is 12.3 Å². The number of hydrogen-bond donors (Lipinski definition) is 1. The number of hydrogen-bond acceptors (Lipinski definition) is 3. The van der Waals surface area contributed by atoms with E-state index in [1.54, 1.807) is 0 Å². The van der Waals surface area contributed by atoms with Gasteiger partial charge in [0.1, 0.15) is 5.82 Å². The predicted octanol–water partition coefficient (Wildman–Crippen LogP) is 3.21. The van der Waals surface area contributed by atoms with Gasteiger partial charge in [-0.3, -0.25) is 0 Å². The minimum atomic E-state index is 0.897. The lowest BCUT2D eigenvalue weighted by molar-refractivity contribution is 0.489. The molecule has 1 aromatic heterocycles. The van der Waals surface area contributed by atoms with Gasteiger partial charge in [-0.2, -0.15) is 0 Å². The van der Waals surface area contributed by atoms with Crippen LogP contribution in [0.2, 0.25) is 0 Å². The standard InChI is InChI=1S/C16H27N3/c1-3-19(4-2)16-15(10-7-11-18-16)13-17-12-14-8-5-6-9-14/h7,10-11,14,17H,3-6,8-9,12-13H2,1-2H3. The summed E-state index contributed by atoms with van der Waals surface area (Å²) in [6.45, 7) is 8.51. The summed E-state index contributed by atoms with van der Waals surface area (Å²) in [4.78, 5) is 6.88. The van der Waals surface area contributed by atoms with Crippen LogP contribution in [0, 0.1) is 5.92 Å². The zero-order valence-electron chi connectivity index (χ0n) is 12.4. The van der Waals surface area contributed by atoms with E-state index >= 15 is 0 Å². The molecule has 1 aliphatic carbocycles. The monoisotopic (exact) mass is 261 g/mol. The van der Waals surface area contributed by atoms with Gasteiger partial charge in [0.15, 0.2) is 0 Å². The van der Waals surface area contributed by atoms with Crippen molar-refractivity contribution in [3.05, 3.63) is 23.9 Å². The largest absolute Gasteiger partial charge is 0.357 e. The fourth-order valence-corrected chi connectivity index (χ4v) is 3.00. The molecule has 1 fully saturated rings. The van der Waals surface area contributed by atoms with Gasteiger partial charge in [0.05, 0.1) is 0 Å². The molecule has 0 aromatic carbocycles. The molecule has 3 nitrogen and oxygen atoms in total. The van der Waals surface area contributed by atoms with Crippen molar-refractivity contribution in [2.24, 2.45) is 5.92 Å². The summed E-state index contributed by atoms with van der Waals surface area (Å²) in [6, 6.07) is 4.24. The van der Waals surface area contributed by atoms with Crippen molar-refractivity contribution in [1.29, 1.82) is 0 Å². The fraction of sp³-hybridized carbons (Fsp3) is 0.688. The Morgan fingerprint density at radius 2 is 2.00 bits per heavy atom. The Kier molecular flexibility index (Phi) is 5.64. The first-order valence-corrected chi connectivity index (χ1v) is 7.74. The molecule has 3 heteroatoms. The fourth-order valence-electron chi connectivity index (χ4n) is 3.00. The molecule has 0 bridgehead atoms. The minimum absolute atomic E-state index is 0.897. The summed E-state index contributed by atoms with van der Waals surface area (Å²) in [7, 11) is 0. The average Bonchev–Trinajstić information content (AvgIpc) is 2.95. The van der Waals surface area contributed by atoms with Crippen molar-refractivity contribution in [1.82, 2.24) is 10.3 Å². The molecule has 0 amide bonds. The quantitative estimate of drug-likeness (QED) is 0.817. The molecular weight excluding hydrogens is 234 g/mol. The van der Waals surface area contributed by atoms with Gasteiger partial charge in [0, 0.05) is 31.4 Å². The maximum absolute atomic E-state index is 4.56. The SMILES string of the molecule is CCN(CC)c1ncccc1CNCC1CCCC1. The lowest BCUT2D eigenvalue weighted by atomic mass is 10.1. The van der Waals surface area contributed by atoms with E-state index in [4.69, 9.17) is 0 Å². The Hall–Kier alpha value is -1.09. The van der Waals surface area contributed by atoms with Crippen LogP contribution in [0.15, 0.2) is 18.3 Å². The van der Waals surface area contributed by atoms with Crippen LogP contribution in [-0.4, -0.2) is 24.6 Å². The molecule has 19 heavy (non-hydrogen) atoms.